The molecule has 0 saturated carbocycles. The van der Waals surface area contributed by atoms with Gasteiger partial charge in [-0.05, 0) is 24.6 Å². The van der Waals surface area contributed by atoms with Crippen molar-refractivity contribution < 1.29 is 14.6 Å². The SMILES string of the molecule is CCCOc1ccc(Br)cc1-c1nc(C(=O)O)cs1. The van der Waals surface area contributed by atoms with E-state index < -0.39 is 5.97 Å². The van der Waals surface area contributed by atoms with E-state index in [4.69, 9.17) is 9.84 Å². The topological polar surface area (TPSA) is 59.4 Å². The molecule has 2 aromatic rings. The van der Waals surface area contributed by atoms with Crippen LogP contribution in [0.4, 0.5) is 0 Å². The van der Waals surface area contributed by atoms with E-state index in [9.17, 15) is 4.79 Å². The molecule has 1 heterocycles. The van der Waals surface area contributed by atoms with Crippen molar-refractivity contribution in [3.05, 3.63) is 33.7 Å². The molecular formula is C13H12BrNO3S. The summed E-state index contributed by atoms with van der Waals surface area (Å²) in [5.41, 5.74) is 0.863. The number of hydrogen-bond donors (Lipinski definition) is 1. The van der Waals surface area contributed by atoms with Crippen LogP contribution in [0.25, 0.3) is 10.6 Å². The largest absolute Gasteiger partial charge is 0.493 e. The van der Waals surface area contributed by atoms with Crippen LogP contribution < -0.4 is 4.74 Å². The van der Waals surface area contributed by atoms with Crippen LogP contribution in [0, 0.1) is 0 Å². The first kappa shape index (κ1) is 14.0. The molecule has 0 bridgehead atoms. The minimum Gasteiger partial charge on any atom is -0.493 e. The average Bonchev–Trinajstić information content (AvgIpc) is 2.87. The molecule has 0 fully saturated rings. The summed E-state index contributed by atoms with van der Waals surface area (Å²) in [6.45, 7) is 2.65. The van der Waals surface area contributed by atoms with Gasteiger partial charge in [-0.1, -0.05) is 22.9 Å². The number of carbonyl (C=O) groups is 1. The molecule has 0 unspecified atom stereocenters. The maximum atomic E-state index is 10.9. The quantitative estimate of drug-likeness (QED) is 0.890. The van der Waals surface area contributed by atoms with Crippen LogP contribution in [0.3, 0.4) is 0 Å². The van der Waals surface area contributed by atoms with E-state index in [-0.39, 0.29) is 5.69 Å². The minimum atomic E-state index is -1.02. The Morgan fingerprint density at radius 3 is 2.95 bits per heavy atom. The lowest BCUT2D eigenvalue weighted by molar-refractivity contribution is 0.0691. The van der Waals surface area contributed by atoms with E-state index in [1.54, 1.807) is 0 Å². The van der Waals surface area contributed by atoms with Crippen molar-refractivity contribution in [3.63, 3.8) is 0 Å². The number of aromatic carboxylic acids is 1. The monoisotopic (exact) mass is 341 g/mol. The first-order chi connectivity index (χ1) is 9.11. The van der Waals surface area contributed by atoms with Gasteiger partial charge in [-0.15, -0.1) is 11.3 Å². The fourth-order valence-electron chi connectivity index (χ4n) is 1.50. The van der Waals surface area contributed by atoms with Gasteiger partial charge < -0.3 is 9.84 Å². The molecule has 0 aliphatic rings. The van der Waals surface area contributed by atoms with E-state index >= 15 is 0 Å². The van der Waals surface area contributed by atoms with Crippen LogP contribution >= 0.6 is 27.3 Å². The first-order valence-corrected chi connectivity index (χ1v) is 7.40. The Labute approximate surface area is 123 Å². The highest BCUT2D eigenvalue weighted by atomic mass is 79.9. The maximum absolute atomic E-state index is 10.9. The van der Waals surface area contributed by atoms with Crippen LogP contribution in [0.1, 0.15) is 23.8 Å². The second kappa shape index (κ2) is 6.16. The summed E-state index contributed by atoms with van der Waals surface area (Å²) in [5, 5.41) is 11.1. The first-order valence-electron chi connectivity index (χ1n) is 5.73. The molecule has 0 radical (unpaired) electrons. The summed E-state index contributed by atoms with van der Waals surface area (Å²) in [4.78, 5) is 15.0. The van der Waals surface area contributed by atoms with Gasteiger partial charge in [0.25, 0.3) is 0 Å². The average molecular weight is 342 g/mol. The third-order valence-electron chi connectivity index (χ3n) is 2.36. The molecule has 0 aliphatic carbocycles. The molecule has 0 aliphatic heterocycles. The highest BCUT2D eigenvalue weighted by Gasteiger charge is 2.14. The van der Waals surface area contributed by atoms with Crippen molar-refractivity contribution in [2.24, 2.45) is 0 Å². The van der Waals surface area contributed by atoms with Gasteiger partial charge in [-0.2, -0.15) is 0 Å². The van der Waals surface area contributed by atoms with Gasteiger partial charge in [-0.3, -0.25) is 0 Å². The molecule has 0 atom stereocenters. The standard InChI is InChI=1S/C13H12BrNO3S/c1-2-5-18-11-4-3-8(14)6-9(11)12-15-10(7-19-12)13(16)17/h3-4,6-7H,2,5H2,1H3,(H,16,17). The normalized spacial score (nSPS) is 10.4. The minimum absolute atomic E-state index is 0.0569. The molecule has 4 nitrogen and oxygen atoms in total. The van der Waals surface area contributed by atoms with Gasteiger partial charge in [0.05, 0.1) is 12.2 Å². The molecule has 0 saturated heterocycles. The van der Waals surface area contributed by atoms with Crippen molar-refractivity contribution in [1.82, 2.24) is 4.98 Å². The van der Waals surface area contributed by atoms with Gasteiger partial charge in [0.15, 0.2) is 5.69 Å². The van der Waals surface area contributed by atoms with Crippen molar-refractivity contribution in [2.75, 3.05) is 6.61 Å². The molecular weight excluding hydrogens is 330 g/mol. The summed E-state index contributed by atoms with van der Waals surface area (Å²) in [6, 6.07) is 5.63. The Hall–Kier alpha value is -1.40. The molecule has 2 rings (SSSR count). The molecule has 100 valence electrons. The van der Waals surface area contributed by atoms with Gasteiger partial charge in [0, 0.05) is 9.85 Å². The van der Waals surface area contributed by atoms with Crippen molar-refractivity contribution in [2.45, 2.75) is 13.3 Å². The summed E-state index contributed by atoms with van der Waals surface area (Å²) < 4.78 is 6.57. The predicted molar refractivity (Wildman–Crippen MR) is 78.0 cm³/mol. The molecule has 6 heteroatoms. The number of hydrogen-bond acceptors (Lipinski definition) is 4. The van der Waals surface area contributed by atoms with E-state index in [2.05, 4.69) is 20.9 Å². The number of thiazole rings is 1. The lowest BCUT2D eigenvalue weighted by Crippen LogP contribution is -1.98. The summed E-state index contributed by atoms with van der Waals surface area (Å²) in [5.74, 6) is -0.301. The van der Waals surface area contributed by atoms with Crippen LogP contribution in [0.2, 0.25) is 0 Å². The second-order valence-corrected chi connectivity index (χ2v) is 5.61. The Morgan fingerprint density at radius 1 is 1.53 bits per heavy atom. The fourth-order valence-corrected chi connectivity index (χ4v) is 2.68. The van der Waals surface area contributed by atoms with Crippen LogP contribution in [-0.2, 0) is 0 Å². The molecule has 0 amide bonds. The van der Waals surface area contributed by atoms with Crippen LogP contribution in [0.15, 0.2) is 28.1 Å². The number of ether oxygens (including phenoxy) is 1. The highest BCUT2D eigenvalue weighted by molar-refractivity contribution is 9.10. The number of carboxylic acid groups (broad SMARTS) is 1. The van der Waals surface area contributed by atoms with E-state index in [0.717, 1.165) is 22.2 Å². The zero-order chi connectivity index (χ0) is 13.8. The fraction of sp³-hybridized carbons (Fsp3) is 0.231. The Bertz CT molecular complexity index is 597. The summed E-state index contributed by atoms with van der Waals surface area (Å²) in [6.07, 6.45) is 0.910. The van der Waals surface area contributed by atoms with Crippen molar-refractivity contribution in [3.8, 4) is 16.3 Å². The maximum Gasteiger partial charge on any atom is 0.355 e. The smallest absolute Gasteiger partial charge is 0.355 e. The Morgan fingerprint density at radius 2 is 2.32 bits per heavy atom. The van der Waals surface area contributed by atoms with Gasteiger partial charge in [-0.25, -0.2) is 9.78 Å². The molecule has 1 aromatic carbocycles. The van der Waals surface area contributed by atoms with Crippen LogP contribution in [-0.4, -0.2) is 22.7 Å². The number of carboxylic acids is 1. The van der Waals surface area contributed by atoms with Crippen molar-refractivity contribution >= 4 is 33.2 Å². The van der Waals surface area contributed by atoms with E-state index in [1.165, 1.54) is 16.7 Å². The Balaban J connectivity index is 2.40. The molecule has 1 aromatic heterocycles. The van der Waals surface area contributed by atoms with E-state index in [1.807, 2.05) is 25.1 Å². The van der Waals surface area contributed by atoms with Gasteiger partial charge >= 0.3 is 5.97 Å². The number of benzene rings is 1. The third-order valence-corrected chi connectivity index (χ3v) is 3.73. The Kier molecular flexibility index (Phi) is 4.55. The zero-order valence-electron chi connectivity index (χ0n) is 10.2. The number of rotatable bonds is 5. The third kappa shape index (κ3) is 3.33. The van der Waals surface area contributed by atoms with E-state index in [0.29, 0.717) is 11.6 Å². The lowest BCUT2D eigenvalue weighted by atomic mass is 10.2. The molecule has 19 heavy (non-hydrogen) atoms. The molecule has 0 spiro atoms. The second-order valence-electron chi connectivity index (χ2n) is 3.83. The number of halogens is 1. The highest BCUT2D eigenvalue weighted by Crippen LogP contribution is 2.34. The predicted octanol–water partition coefficient (Wildman–Crippen LogP) is 4.06. The molecule has 1 N–H and O–H groups in total. The summed E-state index contributed by atoms with van der Waals surface area (Å²) in [7, 11) is 0. The van der Waals surface area contributed by atoms with Crippen LogP contribution in [0.5, 0.6) is 5.75 Å². The zero-order valence-corrected chi connectivity index (χ0v) is 12.6. The number of nitrogens with zero attached hydrogens (tertiary/aromatic N) is 1. The number of aromatic nitrogens is 1. The van der Waals surface area contributed by atoms with Gasteiger partial charge in [0.1, 0.15) is 10.8 Å². The van der Waals surface area contributed by atoms with Crippen molar-refractivity contribution in [1.29, 1.82) is 0 Å². The summed E-state index contributed by atoms with van der Waals surface area (Å²) >= 11 is 4.70. The van der Waals surface area contributed by atoms with Gasteiger partial charge in [0.2, 0.25) is 0 Å². The lowest BCUT2D eigenvalue weighted by Gasteiger charge is -2.09.